The topological polar surface area (TPSA) is 33.7 Å². The zero-order chi connectivity index (χ0) is 13.9. The second kappa shape index (κ2) is 10.9. The van der Waals surface area contributed by atoms with Gasteiger partial charge in [-0.1, -0.05) is 26.7 Å². The molecule has 0 aromatic rings. The van der Waals surface area contributed by atoms with Crippen LogP contribution in [0.3, 0.4) is 0 Å². The van der Waals surface area contributed by atoms with Crippen molar-refractivity contribution < 1.29 is 8.85 Å². The molecule has 0 saturated carbocycles. The van der Waals surface area contributed by atoms with Gasteiger partial charge in [-0.05, 0) is 33.2 Å². The van der Waals surface area contributed by atoms with E-state index >= 15 is 0 Å². The Hall–Kier alpha value is 0.0569. The van der Waals surface area contributed by atoms with Gasteiger partial charge in [0, 0.05) is 26.3 Å². The highest BCUT2D eigenvalue weighted by Gasteiger charge is 2.36. The molecule has 1 N–H and O–H groups in total. The number of nitrogens with one attached hydrogen (secondary N) is 1. The van der Waals surface area contributed by atoms with E-state index < -0.39 is 8.56 Å². The maximum atomic E-state index is 6.10. The van der Waals surface area contributed by atoms with E-state index in [-0.39, 0.29) is 0 Å². The van der Waals surface area contributed by atoms with Crippen molar-refractivity contribution in [3.8, 4) is 0 Å². The third kappa shape index (κ3) is 7.48. The standard InChI is InChI=1S/C11H25NO2Si.C2H7N/c1-4-10-15(11-5-2)13-8-6-12(3)7-9-14-15;1-3-2/h4-11H2,1-3H3;3H,1-2H3. The quantitative estimate of drug-likeness (QED) is 0.797. The molecule has 1 aliphatic rings. The highest BCUT2D eigenvalue weighted by Crippen LogP contribution is 2.23. The lowest BCUT2D eigenvalue weighted by molar-refractivity contribution is 0.104. The van der Waals surface area contributed by atoms with Crippen LogP contribution in [-0.4, -0.2) is 60.9 Å². The molecule has 5 heteroatoms. The van der Waals surface area contributed by atoms with Crippen LogP contribution in [0, 0.1) is 0 Å². The monoisotopic (exact) mass is 276 g/mol. The van der Waals surface area contributed by atoms with Crippen LogP contribution in [0.25, 0.3) is 0 Å². The molecule has 1 rings (SSSR count). The molecule has 110 valence electrons. The summed E-state index contributed by atoms with van der Waals surface area (Å²) in [4.78, 5) is 2.27. The molecular formula is C13H32N2O2Si. The third-order valence-electron chi connectivity index (χ3n) is 2.94. The van der Waals surface area contributed by atoms with E-state index in [9.17, 15) is 0 Å². The fraction of sp³-hybridized carbons (Fsp3) is 1.00. The lowest BCUT2D eigenvalue weighted by Crippen LogP contribution is -2.47. The molecule has 1 fully saturated rings. The van der Waals surface area contributed by atoms with E-state index in [0.717, 1.165) is 38.4 Å². The molecular weight excluding hydrogens is 244 g/mol. The van der Waals surface area contributed by atoms with E-state index in [1.165, 1.54) is 12.8 Å². The Bertz CT molecular complexity index is 176. The van der Waals surface area contributed by atoms with E-state index in [1.807, 2.05) is 14.1 Å². The molecule has 1 heterocycles. The van der Waals surface area contributed by atoms with Gasteiger partial charge >= 0.3 is 8.56 Å². The van der Waals surface area contributed by atoms with Gasteiger partial charge < -0.3 is 19.1 Å². The molecule has 0 aromatic carbocycles. The van der Waals surface area contributed by atoms with Crippen molar-refractivity contribution in [2.24, 2.45) is 0 Å². The molecule has 0 aromatic heterocycles. The lowest BCUT2D eigenvalue weighted by atomic mass is 10.5. The second-order valence-electron chi connectivity index (χ2n) is 4.91. The van der Waals surface area contributed by atoms with Crippen molar-refractivity contribution in [1.82, 2.24) is 10.2 Å². The Morgan fingerprint density at radius 1 is 1.00 bits per heavy atom. The second-order valence-corrected chi connectivity index (χ2v) is 8.31. The van der Waals surface area contributed by atoms with E-state index in [4.69, 9.17) is 8.85 Å². The summed E-state index contributed by atoms with van der Waals surface area (Å²) in [6.45, 7) is 8.24. The van der Waals surface area contributed by atoms with E-state index in [0.29, 0.717) is 0 Å². The molecule has 0 atom stereocenters. The Balaban J connectivity index is 0.000000873. The molecule has 0 aliphatic carbocycles. The zero-order valence-electron chi connectivity index (χ0n) is 12.9. The number of hydrogen-bond acceptors (Lipinski definition) is 4. The van der Waals surface area contributed by atoms with Crippen molar-refractivity contribution in [3.05, 3.63) is 0 Å². The molecule has 0 spiro atoms. The number of likely N-dealkylation sites (N-methyl/N-ethyl adjacent to an activating group) is 1. The van der Waals surface area contributed by atoms with E-state index in [2.05, 4.69) is 31.1 Å². The summed E-state index contributed by atoms with van der Waals surface area (Å²) in [5.41, 5.74) is 0. The van der Waals surface area contributed by atoms with Gasteiger partial charge in [0.15, 0.2) is 0 Å². The minimum Gasteiger partial charge on any atom is -0.393 e. The molecule has 0 bridgehead atoms. The van der Waals surface area contributed by atoms with Crippen LogP contribution in [0.4, 0.5) is 0 Å². The van der Waals surface area contributed by atoms with Gasteiger partial charge in [0.25, 0.3) is 0 Å². The predicted molar refractivity (Wildman–Crippen MR) is 80.3 cm³/mol. The average molecular weight is 276 g/mol. The average Bonchev–Trinajstić information content (AvgIpc) is 2.28. The van der Waals surface area contributed by atoms with Crippen LogP contribution in [0.2, 0.25) is 12.1 Å². The van der Waals surface area contributed by atoms with Gasteiger partial charge in [-0.2, -0.15) is 0 Å². The molecule has 1 aliphatic heterocycles. The first kappa shape index (κ1) is 18.1. The van der Waals surface area contributed by atoms with Gasteiger partial charge in [0.05, 0.1) is 0 Å². The maximum absolute atomic E-state index is 6.10. The Morgan fingerprint density at radius 2 is 1.39 bits per heavy atom. The molecule has 4 nitrogen and oxygen atoms in total. The maximum Gasteiger partial charge on any atom is 0.338 e. The summed E-state index contributed by atoms with van der Waals surface area (Å²) in [5.74, 6) is 0. The molecule has 1 saturated heterocycles. The first-order chi connectivity index (χ1) is 8.64. The SMILES string of the molecule is CCC[Si]1(CCC)OCCN(C)CCO1.CNC. The highest BCUT2D eigenvalue weighted by molar-refractivity contribution is 6.67. The minimum absolute atomic E-state index is 0.850. The van der Waals surface area contributed by atoms with Gasteiger partial charge in [-0.25, -0.2) is 0 Å². The fourth-order valence-electron chi connectivity index (χ4n) is 2.10. The zero-order valence-corrected chi connectivity index (χ0v) is 13.9. The summed E-state index contributed by atoms with van der Waals surface area (Å²) >= 11 is 0. The van der Waals surface area contributed by atoms with Crippen LogP contribution < -0.4 is 5.32 Å². The molecule has 0 unspecified atom stereocenters. The fourth-order valence-corrected chi connectivity index (χ4v) is 5.46. The number of nitrogens with zero attached hydrogens (tertiary/aromatic N) is 1. The van der Waals surface area contributed by atoms with Crippen LogP contribution in [-0.2, 0) is 8.85 Å². The Kier molecular flexibility index (Phi) is 11.0. The molecule has 0 radical (unpaired) electrons. The Morgan fingerprint density at radius 3 is 1.72 bits per heavy atom. The van der Waals surface area contributed by atoms with Gasteiger partial charge in [-0.3, -0.25) is 0 Å². The third-order valence-corrected chi connectivity index (χ3v) is 6.92. The van der Waals surface area contributed by atoms with Crippen LogP contribution in [0.5, 0.6) is 0 Å². The normalized spacial score (nSPS) is 20.5. The smallest absolute Gasteiger partial charge is 0.338 e. The number of hydrogen-bond donors (Lipinski definition) is 1. The van der Waals surface area contributed by atoms with Gasteiger partial charge in [-0.15, -0.1) is 0 Å². The predicted octanol–water partition coefficient (Wildman–Crippen LogP) is 2.06. The van der Waals surface area contributed by atoms with Crippen molar-refractivity contribution >= 4 is 8.56 Å². The number of rotatable bonds is 4. The van der Waals surface area contributed by atoms with Crippen LogP contribution in [0.15, 0.2) is 0 Å². The van der Waals surface area contributed by atoms with Gasteiger partial charge in [0.1, 0.15) is 0 Å². The van der Waals surface area contributed by atoms with Crippen molar-refractivity contribution in [1.29, 1.82) is 0 Å². The lowest BCUT2D eigenvalue weighted by Gasteiger charge is -2.34. The van der Waals surface area contributed by atoms with Gasteiger partial charge in [0.2, 0.25) is 0 Å². The summed E-state index contributed by atoms with van der Waals surface area (Å²) in [6.07, 6.45) is 2.37. The summed E-state index contributed by atoms with van der Waals surface area (Å²) < 4.78 is 12.2. The largest absolute Gasteiger partial charge is 0.393 e. The molecule has 0 amide bonds. The summed E-state index contributed by atoms with van der Waals surface area (Å²) in [6, 6.07) is 2.31. The van der Waals surface area contributed by atoms with Crippen LogP contribution in [0.1, 0.15) is 26.7 Å². The van der Waals surface area contributed by atoms with E-state index in [1.54, 1.807) is 0 Å². The highest BCUT2D eigenvalue weighted by atomic mass is 28.4. The molecule has 18 heavy (non-hydrogen) atoms. The minimum atomic E-state index is -1.82. The first-order valence-corrected chi connectivity index (χ1v) is 9.42. The summed E-state index contributed by atoms with van der Waals surface area (Å²) in [7, 11) is 4.05. The van der Waals surface area contributed by atoms with Crippen molar-refractivity contribution in [2.75, 3.05) is 47.4 Å². The first-order valence-electron chi connectivity index (χ1n) is 7.19. The van der Waals surface area contributed by atoms with Crippen molar-refractivity contribution in [3.63, 3.8) is 0 Å². The van der Waals surface area contributed by atoms with Crippen molar-refractivity contribution in [2.45, 2.75) is 38.8 Å². The van der Waals surface area contributed by atoms with Crippen LogP contribution >= 0.6 is 0 Å². The summed E-state index contributed by atoms with van der Waals surface area (Å²) in [5, 5.41) is 2.75. The Labute approximate surface area is 114 Å².